The first-order valence-corrected chi connectivity index (χ1v) is 13.0. The molecule has 2 aliphatic rings. The van der Waals surface area contributed by atoms with Gasteiger partial charge in [0.25, 0.3) is 0 Å². The highest BCUT2D eigenvalue weighted by atomic mass is 32.2. The molecule has 4 nitrogen and oxygen atoms in total. The molecule has 1 saturated heterocycles. The summed E-state index contributed by atoms with van der Waals surface area (Å²) in [5.74, 6) is 2.57. The van der Waals surface area contributed by atoms with E-state index in [2.05, 4.69) is 38.8 Å². The second-order valence-corrected chi connectivity index (χ2v) is 15.2. The van der Waals surface area contributed by atoms with Crippen LogP contribution in [0.15, 0.2) is 4.90 Å². The average Bonchev–Trinajstić information content (AvgIpc) is 2.79. The Kier molecular flexibility index (Phi) is 3.96. The van der Waals surface area contributed by atoms with Crippen LogP contribution in [0.3, 0.4) is 0 Å². The Labute approximate surface area is 137 Å². The summed E-state index contributed by atoms with van der Waals surface area (Å²) in [7, 11) is -1.94. The molecule has 0 spiro atoms. The Balaban J connectivity index is 2.03. The first kappa shape index (κ1) is 16.1. The fraction of sp³-hybridized carbons (Fsp3) is 0.750. The maximum absolute atomic E-state index is 12.4. The number of hydrogen-bond donors (Lipinski definition) is 0. The number of nitrogens with zero attached hydrogens (tertiary/aromatic N) is 3. The topological polar surface area (TPSA) is 46.1 Å². The summed E-state index contributed by atoms with van der Waals surface area (Å²) < 4.78 is 12.4. The number of anilines is 1. The summed E-state index contributed by atoms with van der Waals surface area (Å²) in [5.41, 5.74) is 0.952. The van der Waals surface area contributed by atoms with Gasteiger partial charge in [0.1, 0.15) is 16.5 Å². The van der Waals surface area contributed by atoms with Gasteiger partial charge in [-0.1, -0.05) is 33.9 Å². The smallest absolute Gasteiger partial charge is 0.148 e. The zero-order valence-corrected chi connectivity index (χ0v) is 16.2. The van der Waals surface area contributed by atoms with Crippen molar-refractivity contribution in [2.75, 3.05) is 23.7 Å². The van der Waals surface area contributed by atoms with E-state index >= 15 is 0 Å². The molecule has 3 rings (SSSR count). The normalized spacial score (nSPS) is 24.4. The van der Waals surface area contributed by atoms with Crippen molar-refractivity contribution in [3.8, 4) is 0 Å². The van der Waals surface area contributed by atoms with E-state index in [0.717, 1.165) is 41.7 Å². The Morgan fingerprint density at radius 2 is 1.77 bits per heavy atom. The van der Waals surface area contributed by atoms with E-state index in [9.17, 15) is 4.21 Å². The standard InChI is InChI=1S/C16H27N3OSSi/c1-16(2,3)15-17-12-6-9-21(20)13(12)14(18-15)19-7-10-22(4,5)11-8-19/h6-11H2,1-5H3. The summed E-state index contributed by atoms with van der Waals surface area (Å²) in [5, 5.41) is 0. The van der Waals surface area contributed by atoms with Gasteiger partial charge in [0, 0.05) is 30.7 Å². The van der Waals surface area contributed by atoms with Crippen LogP contribution in [-0.4, -0.2) is 41.1 Å². The minimum absolute atomic E-state index is 0.0718. The van der Waals surface area contributed by atoms with E-state index in [1.54, 1.807) is 0 Å². The number of aromatic nitrogens is 2. The predicted octanol–water partition coefficient (Wildman–Crippen LogP) is 2.97. The Morgan fingerprint density at radius 3 is 2.36 bits per heavy atom. The maximum Gasteiger partial charge on any atom is 0.148 e. The summed E-state index contributed by atoms with van der Waals surface area (Å²) in [6.07, 6.45) is 0.828. The van der Waals surface area contributed by atoms with E-state index in [-0.39, 0.29) is 5.41 Å². The highest BCUT2D eigenvalue weighted by Gasteiger charge is 2.34. The monoisotopic (exact) mass is 337 g/mol. The molecule has 122 valence electrons. The number of rotatable bonds is 1. The highest BCUT2D eigenvalue weighted by Crippen LogP contribution is 2.35. The number of fused-ring (bicyclic) bond motifs is 1. The molecule has 0 radical (unpaired) electrons. The minimum Gasteiger partial charge on any atom is -0.356 e. The summed E-state index contributed by atoms with van der Waals surface area (Å²) >= 11 is 0. The zero-order valence-electron chi connectivity index (χ0n) is 14.4. The van der Waals surface area contributed by atoms with Gasteiger partial charge in [-0.15, -0.1) is 0 Å². The van der Waals surface area contributed by atoms with Crippen molar-refractivity contribution in [1.29, 1.82) is 0 Å². The lowest BCUT2D eigenvalue weighted by Gasteiger charge is -2.37. The van der Waals surface area contributed by atoms with Gasteiger partial charge in [-0.05, 0) is 12.1 Å². The van der Waals surface area contributed by atoms with Crippen molar-refractivity contribution in [2.45, 2.75) is 62.7 Å². The third-order valence-electron chi connectivity index (χ3n) is 4.76. The van der Waals surface area contributed by atoms with Crippen molar-refractivity contribution in [3.63, 3.8) is 0 Å². The molecular weight excluding hydrogens is 310 g/mol. The van der Waals surface area contributed by atoms with Crippen LogP contribution in [-0.2, 0) is 22.6 Å². The van der Waals surface area contributed by atoms with E-state index in [1.165, 1.54) is 12.1 Å². The number of aryl methyl sites for hydroxylation is 1. The molecule has 0 saturated carbocycles. The molecule has 0 amide bonds. The van der Waals surface area contributed by atoms with Gasteiger partial charge in [0.05, 0.1) is 24.6 Å². The summed E-state index contributed by atoms with van der Waals surface area (Å²) in [6, 6.07) is 2.59. The fourth-order valence-corrected chi connectivity index (χ4v) is 6.42. The van der Waals surface area contributed by atoms with E-state index in [0.29, 0.717) is 5.75 Å². The molecule has 0 N–H and O–H groups in total. The molecule has 1 aromatic heterocycles. The van der Waals surface area contributed by atoms with Crippen molar-refractivity contribution in [2.24, 2.45) is 0 Å². The van der Waals surface area contributed by atoms with Gasteiger partial charge in [0.15, 0.2) is 0 Å². The predicted molar refractivity (Wildman–Crippen MR) is 95.0 cm³/mol. The molecule has 1 fully saturated rings. The van der Waals surface area contributed by atoms with Crippen LogP contribution in [0.25, 0.3) is 0 Å². The van der Waals surface area contributed by atoms with Crippen LogP contribution >= 0.6 is 0 Å². The second kappa shape index (κ2) is 5.41. The molecule has 1 aromatic rings. The maximum atomic E-state index is 12.4. The van der Waals surface area contributed by atoms with Gasteiger partial charge in [0.2, 0.25) is 0 Å². The van der Waals surface area contributed by atoms with Crippen LogP contribution in [0, 0.1) is 0 Å². The molecular formula is C16H27N3OSSi. The molecule has 1 atom stereocenters. The lowest BCUT2D eigenvalue weighted by molar-refractivity contribution is 0.537. The SMILES string of the molecule is CC(C)(C)c1nc2c(c(N3CC[Si](C)(C)CC3)n1)S(=O)CC2. The van der Waals surface area contributed by atoms with Crippen molar-refractivity contribution >= 4 is 24.7 Å². The highest BCUT2D eigenvalue weighted by molar-refractivity contribution is 7.85. The summed E-state index contributed by atoms with van der Waals surface area (Å²) in [6.45, 7) is 13.5. The first-order valence-electron chi connectivity index (χ1n) is 8.22. The van der Waals surface area contributed by atoms with Gasteiger partial charge in [-0.2, -0.15) is 0 Å². The molecule has 2 aliphatic heterocycles. The third-order valence-corrected chi connectivity index (χ3v) is 9.36. The van der Waals surface area contributed by atoms with Gasteiger partial charge in [-0.25, -0.2) is 9.97 Å². The van der Waals surface area contributed by atoms with E-state index in [1.807, 2.05) is 0 Å². The Hall–Kier alpha value is -0.753. The quantitative estimate of drug-likeness (QED) is 0.739. The molecule has 0 aromatic carbocycles. The zero-order chi connectivity index (χ0) is 16.1. The van der Waals surface area contributed by atoms with Crippen LogP contribution in [0.1, 0.15) is 32.3 Å². The summed E-state index contributed by atoms with van der Waals surface area (Å²) in [4.78, 5) is 12.9. The lowest BCUT2D eigenvalue weighted by atomic mass is 9.95. The second-order valence-electron chi connectivity index (χ2n) is 8.35. The first-order chi connectivity index (χ1) is 10.2. The Morgan fingerprint density at radius 1 is 1.14 bits per heavy atom. The van der Waals surface area contributed by atoms with Crippen LogP contribution in [0.5, 0.6) is 0 Å². The van der Waals surface area contributed by atoms with Gasteiger partial charge in [-0.3, -0.25) is 4.21 Å². The molecule has 1 unspecified atom stereocenters. The van der Waals surface area contributed by atoms with Crippen LogP contribution in [0.2, 0.25) is 25.2 Å². The van der Waals surface area contributed by atoms with Crippen LogP contribution in [0.4, 0.5) is 5.82 Å². The van der Waals surface area contributed by atoms with E-state index in [4.69, 9.17) is 9.97 Å². The number of hydrogen-bond acceptors (Lipinski definition) is 4. The van der Waals surface area contributed by atoms with Gasteiger partial charge < -0.3 is 4.90 Å². The average molecular weight is 338 g/mol. The molecule has 6 heteroatoms. The van der Waals surface area contributed by atoms with Crippen LogP contribution < -0.4 is 4.90 Å². The molecule has 0 aliphatic carbocycles. The molecule has 3 heterocycles. The largest absolute Gasteiger partial charge is 0.356 e. The minimum atomic E-state index is -1.02. The third kappa shape index (κ3) is 3.00. The molecule has 0 bridgehead atoms. The van der Waals surface area contributed by atoms with Crippen molar-refractivity contribution in [1.82, 2.24) is 9.97 Å². The fourth-order valence-electron chi connectivity index (χ4n) is 3.05. The van der Waals surface area contributed by atoms with E-state index < -0.39 is 18.9 Å². The molecule has 22 heavy (non-hydrogen) atoms. The lowest BCUT2D eigenvalue weighted by Crippen LogP contribution is -2.43. The Bertz CT molecular complexity index is 615. The van der Waals surface area contributed by atoms with Crippen molar-refractivity contribution < 1.29 is 4.21 Å². The van der Waals surface area contributed by atoms with Gasteiger partial charge >= 0.3 is 0 Å². The van der Waals surface area contributed by atoms with Crippen molar-refractivity contribution in [3.05, 3.63) is 11.5 Å².